The minimum absolute atomic E-state index is 0.799. The Bertz CT molecular complexity index is 1670. The Morgan fingerprint density at radius 3 is 1.24 bits per heavy atom. The normalized spacial score (nSPS) is 15.9. The van der Waals surface area contributed by atoms with E-state index in [-0.39, 0.29) is 0 Å². The number of aryl methyl sites for hydroxylation is 1. The zero-order chi connectivity index (χ0) is 31.4. The van der Waals surface area contributed by atoms with Gasteiger partial charge in [-0.25, -0.2) is 36.2 Å². The molecule has 3 heterocycles. The van der Waals surface area contributed by atoms with Gasteiger partial charge in [0.05, 0.1) is 40.1 Å². The first kappa shape index (κ1) is 29.4. The fraction of sp³-hybridized carbons (Fsp3) is 0.0400. The molecular formula is C25H3F11N6. The van der Waals surface area contributed by atoms with E-state index in [1.807, 2.05) is 0 Å². The third-order valence-corrected chi connectivity index (χ3v) is 5.70. The number of halogens is 11. The Balaban J connectivity index is 2.32. The van der Waals surface area contributed by atoms with Crippen molar-refractivity contribution < 1.29 is 48.3 Å². The number of nitriles is 2. The van der Waals surface area contributed by atoms with E-state index in [4.69, 9.17) is 6.57 Å². The molecule has 42 heavy (non-hydrogen) atoms. The van der Waals surface area contributed by atoms with Crippen LogP contribution < -0.4 is 0 Å². The van der Waals surface area contributed by atoms with Crippen molar-refractivity contribution in [1.29, 1.82) is 10.5 Å². The van der Waals surface area contributed by atoms with E-state index in [0.717, 1.165) is 13.0 Å². The van der Waals surface area contributed by atoms with Gasteiger partial charge in [-0.2, -0.15) is 42.4 Å². The molecule has 1 saturated carbocycles. The van der Waals surface area contributed by atoms with E-state index in [0.29, 0.717) is 0 Å². The van der Waals surface area contributed by atoms with Gasteiger partial charge in [0.25, 0.3) is 23.8 Å². The molecule has 0 spiro atoms. The minimum Gasteiger partial charge on any atom is -0.237 e. The van der Waals surface area contributed by atoms with Gasteiger partial charge in [0.2, 0.25) is 11.6 Å². The molecule has 0 amide bonds. The van der Waals surface area contributed by atoms with Crippen LogP contribution in [0.15, 0.2) is 16.7 Å². The molecule has 6 nitrogen and oxygen atoms in total. The van der Waals surface area contributed by atoms with Gasteiger partial charge in [-0.05, 0) is 23.6 Å². The Labute approximate surface area is 225 Å². The Hall–Kier alpha value is -5.63. The predicted octanol–water partition coefficient (Wildman–Crippen LogP) is 6.31. The SMILES string of the molecule is [C-]#[N+]C(=C1C(=C(C#N)c2c(F)c(C)nc(F)c2F)C1=C(C#N)c1c(F)c(F)nc(F)c1F)c1c(F)c(F)nc(F)c1F. The zero-order valence-electron chi connectivity index (χ0n) is 19.8. The number of pyridine rings is 3. The summed E-state index contributed by atoms with van der Waals surface area (Å²) in [6.45, 7) is 8.15. The largest absolute Gasteiger partial charge is 0.252 e. The summed E-state index contributed by atoms with van der Waals surface area (Å²) in [4.78, 5) is 10.1. The van der Waals surface area contributed by atoms with E-state index >= 15 is 0 Å². The van der Waals surface area contributed by atoms with Crippen molar-refractivity contribution >= 4 is 16.8 Å². The highest BCUT2D eigenvalue weighted by atomic mass is 19.2. The van der Waals surface area contributed by atoms with E-state index < -0.39 is 121 Å². The van der Waals surface area contributed by atoms with Gasteiger partial charge in [-0.3, -0.25) is 0 Å². The summed E-state index contributed by atoms with van der Waals surface area (Å²) in [6.07, 6.45) is 0. The summed E-state index contributed by atoms with van der Waals surface area (Å²) in [5.74, 6) is -24.5. The molecule has 210 valence electrons. The molecule has 0 bridgehead atoms. The van der Waals surface area contributed by atoms with Crippen LogP contribution in [0.1, 0.15) is 22.4 Å². The molecule has 0 unspecified atom stereocenters. The molecule has 1 aliphatic rings. The van der Waals surface area contributed by atoms with Crippen LogP contribution in [-0.2, 0) is 0 Å². The maximum absolute atomic E-state index is 14.9. The zero-order valence-corrected chi connectivity index (χ0v) is 19.8. The van der Waals surface area contributed by atoms with Gasteiger partial charge in [0.1, 0.15) is 12.1 Å². The van der Waals surface area contributed by atoms with Crippen LogP contribution >= 0.6 is 0 Å². The van der Waals surface area contributed by atoms with Crippen LogP contribution in [0.25, 0.3) is 21.7 Å². The molecule has 0 saturated heterocycles. The number of allylic oxidation sites excluding steroid dienone is 5. The summed E-state index contributed by atoms with van der Waals surface area (Å²) < 4.78 is 158. The first-order valence-electron chi connectivity index (χ1n) is 10.6. The highest BCUT2D eigenvalue weighted by molar-refractivity contribution is 6.11. The first-order valence-corrected chi connectivity index (χ1v) is 10.6. The molecule has 4 rings (SSSR count). The second kappa shape index (κ2) is 10.4. The van der Waals surface area contributed by atoms with Crippen LogP contribution in [0.3, 0.4) is 0 Å². The maximum atomic E-state index is 14.9. The van der Waals surface area contributed by atoms with Gasteiger partial charge >= 0.3 is 0 Å². The van der Waals surface area contributed by atoms with Crippen molar-refractivity contribution in [2.24, 2.45) is 0 Å². The number of hydrogen-bond acceptors (Lipinski definition) is 5. The molecule has 0 aliphatic heterocycles. The van der Waals surface area contributed by atoms with Crippen LogP contribution in [0, 0.1) is 101 Å². The van der Waals surface area contributed by atoms with Gasteiger partial charge in [-0.1, -0.05) is 0 Å². The lowest BCUT2D eigenvalue weighted by molar-refractivity contribution is 0.404. The van der Waals surface area contributed by atoms with Gasteiger partial charge < -0.3 is 0 Å². The standard InChI is InChI=1S/C25H3F11N6/c1-5-14(26)10(15(27)21(32)40-5)6(3-37)8-9(7(4-38)11-16(28)22(33)41-23(34)17(11)29)12(8)20(39-2)13-18(30)24(35)42-25(36)19(13)31/h1H3. The Kier molecular flexibility index (Phi) is 7.27. The molecule has 0 aromatic carbocycles. The average molecular weight is 596 g/mol. The smallest absolute Gasteiger partial charge is 0.237 e. The lowest BCUT2D eigenvalue weighted by Gasteiger charge is -2.06. The molecular weight excluding hydrogens is 593 g/mol. The molecule has 1 aliphatic carbocycles. The van der Waals surface area contributed by atoms with Gasteiger partial charge in [0.15, 0.2) is 34.9 Å². The lowest BCUT2D eigenvalue weighted by atomic mass is 10.0. The van der Waals surface area contributed by atoms with Gasteiger partial charge in [-0.15, -0.1) is 0 Å². The van der Waals surface area contributed by atoms with E-state index in [1.165, 1.54) is 6.07 Å². The molecule has 0 atom stereocenters. The number of nitrogens with zero attached hydrogens (tertiary/aromatic N) is 6. The summed E-state index contributed by atoms with van der Waals surface area (Å²) in [5, 5.41) is 19.4. The van der Waals surface area contributed by atoms with Crippen molar-refractivity contribution in [3.05, 3.63) is 115 Å². The molecule has 1 fully saturated rings. The van der Waals surface area contributed by atoms with E-state index in [1.54, 1.807) is 0 Å². The minimum atomic E-state index is -2.34. The van der Waals surface area contributed by atoms with Crippen molar-refractivity contribution in [1.82, 2.24) is 15.0 Å². The average Bonchev–Trinajstić information content (AvgIpc) is 3.66. The highest BCUT2D eigenvalue weighted by Gasteiger charge is 2.45. The number of hydrogen-bond donors (Lipinski definition) is 0. The topological polar surface area (TPSA) is 90.6 Å². The lowest BCUT2D eigenvalue weighted by Crippen LogP contribution is -2.06. The van der Waals surface area contributed by atoms with Gasteiger partial charge in [0, 0.05) is 0 Å². The van der Waals surface area contributed by atoms with Crippen LogP contribution in [0.4, 0.5) is 48.3 Å². The van der Waals surface area contributed by atoms with Crippen molar-refractivity contribution in [3.63, 3.8) is 0 Å². The molecule has 0 radical (unpaired) electrons. The second-order valence-corrected chi connectivity index (χ2v) is 7.94. The van der Waals surface area contributed by atoms with Crippen molar-refractivity contribution in [3.8, 4) is 12.1 Å². The van der Waals surface area contributed by atoms with Crippen molar-refractivity contribution in [2.75, 3.05) is 0 Å². The molecule has 0 N–H and O–H groups in total. The summed E-state index contributed by atoms with van der Waals surface area (Å²) >= 11 is 0. The third-order valence-electron chi connectivity index (χ3n) is 5.70. The summed E-state index contributed by atoms with van der Waals surface area (Å²) in [6, 6.07) is 2.25. The number of rotatable bonds is 3. The second-order valence-electron chi connectivity index (χ2n) is 7.94. The molecule has 3 aromatic heterocycles. The van der Waals surface area contributed by atoms with E-state index in [2.05, 4.69) is 19.8 Å². The fourth-order valence-corrected chi connectivity index (χ4v) is 3.88. The van der Waals surface area contributed by atoms with Crippen LogP contribution in [-0.4, -0.2) is 15.0 Å². The monoisotopic (exact) mass is 596 g/mol. The Morgan fingerprint density at radius 2 is 0.881 bits per heavy atom. The highest BCUT2D eigenvalue weighted by Crippen LogP contribution is 2.57. The first-order chi connectivity index (χ1) is 19.7. The molecule has 17 heteroatoms. The quantitative estimate of drug-likeness (QED) is 0.153. The fourth-order valence-electron chi connectivity index (χ4n) is 3.88. The Morgan fingerprint density at radius 1 is 0.548 bits per heavy atom. The van der Waals surface area contributed by atoms with Crippen LogP contribution in [0.5, 0.6) is 0 Å². The van der Waals surface area contributed by atoms with E-state index in [9.17, 15) is 58.8 Å². The van der Waals surface area contributed by atoms with Crippen molar-refractivity contribution in [2.45, 2.75) is 6.92 Å². The summed E-state index contributed by atoms with van der Waals surface area (Å²) in [7, 11) is 0. The third kappa shape index (κ3) is 4.30. The number of aromatic nitrogens is 3. The predicted molar refractivity (Wildman–Crippen MR) is 116 cm³/mol. The summed E-state index contributed by atoms with van der Waals surface area (Å²) in [5.41, 5.74) is -14.2. The van der Waals surface area contributed by atoms with Crippen LogP contribution in [0.2, 0.25) is 0 Å². The maximum Gasteiger partial charge on any atom is 0.252 e. The molecule has 3 aromatic rings.